The quantitative estimate of drug-likeness (QED) is 0.509. The minimum atomic E-state index is -0.421. The molecule has 0 spiro atoms. The predicted molar refractivity (Wildman–Crippen MR) is 123 cm³/mol. The van der Waals surface area contributed by atoms with E-state index in [1.54, 1.807) is 30.3 Å². The van der Waals surface area contributed by atoms with E-state index in [2.05, 4.69) is 16.0 Å². The predicted octanol–water partition coefficient (Wildman–Crippen LogP) is 4.51. The second-order valence-electron chi connectivity index (χ2n) is 6.98. The van der Waals surface area contributed by atoms with Crippen molar-refractivity contribution in [3.63, 3.8) is 0 Å². The van der Waals surface area contributed by atoms with E-state index >= 15 is 0 Å². The highest BCUT2D eigenvalue weighted by atomic mass is 35.5. The fraction of sp³-hybridized carbons (Fsp3) is 0.364. The highest BCUT2D eigenvalue weighted by Crippen LogP contribution is 2.24. The van der Waals surface area contributed by atoms with E-state index < -0.39 is 6.03 Å². The Balaban J connectivity index is 2.07. The highest BCUT2D eigenvalue weighted by Gasteiger charge is 2.15. The first-order valence-electron chi connectivity index (χ1n) is 9.83. The Morgan fingerprint density at radius 2 is 1.73 bits per heavy atom. The van der Waals surface area contributed by atoms with Gasteiger partial charge in [-0.1, -0.05) is 17.7 Å². The van der Waals surface area contributed by atoms with Gasteiger partial charge < -0.3 is 25.6 Å². The first-order chi connectivity index (χ1) is 14.3. The van der Waals surface area contributed by atoms with Gasteiger partial charge in [0.1, 0.15) is 0 Å². The Hall–Kier alpha value is -2.77. The van der Waals surface area contributed by atoms with Crippen LogP contribution in [0.3, 0.4) is 0 Å². The molecule has 162 valence electrons. The molecule has 0 fully saturated rings. The van der Waals surface area contributed by atoms with Gasteiger partial charge in [-0.2, -0.15) is 0 Å². The van der Waals surface area contributed by atoms with E-state index in [0.717, 1.165) is 17.7 Å². The fourth-order valence-electron chi connectivity index (χ4n) is 2.77. The summed E-state index contributed by atoms with van der Waals surface area (Å²) in [7, 11) is 3.73. The molecule has 0 atom stereocenters. The zero-order valence-corrected chi connectivity index (χ0v) is 18.6. The number of carbonyl (C=O) groups excluding carboxylic acids is 2. The van der Waals surface area contributed by atoms with Crippen molar-refractivity contribution >= 4 is 40.6 Å². The second-order valence-corrected chi connectivity index (χ2v) is 7.38. The number of ether oxygens (including phenoxy) is 1. The number of benzene rings is 2. The van der Waals surface area contributed by atoms with Crippen molar-refractivity contribution in [1.29, 1.82) is 0 Å². The number of hydrogen-bond donors (Lipinski definition) is 3. The average Bonchev–Trinajstić information content (AvgIpc) is 2.70. The van der Waals surface area contributed by atoms with Crippen LogP contribution in [0.15, 0.2) is 36.4 Å². The molecular weight excluding hydrogens is 404 g/mol. The van der Waals surface area contributed by atoms with Gasteiger partial charge in [-0.3, -0.25) is 4.79 Å². The molecule has 2 aromatic carbocycles. The lowest BCUT2D eigenvalue weighted by atomic mass is 10.1. The van der Waals surface area contributed by atoms with E-state index in [0.29, 0.717) is 41.7 Å². The van der Waals surface area contributed by atoms with E-state index in [4.69, 9.17) is 16.3 Å². The maximum Gasteiger partial charge on any atom is 0.323 e. The standard InChI is InChI=1S/C22H29ClN4O3/c1-5-30-12-6-11-24-21(28)18-13-16(9-10-20(18)27(3)4)25-22(29)26-17-8-7-15(2)19(23)14-17/h7-10,13-14H,5-6,11-12H2,1-4H3,(H,24,28)(H2,25,26,29). The molecule has 0 aromatic heterocycles. The number of rotatable bonds is 9. The number of nitrogens with one attached hydrogen (secondary N) is 3. The van der Waals surface area contributed by atoms with E-state index in [1.807, 2.05) is 38.9 Å². The minimum Gasteiger partial charge on any atom is -0.382 e. The molecule has 8 heteroatoms. The molecule has 30 heavy (non-hydrogen) atoms. The summed E-state index contributed by atoms with van der Waals surface area (Å²) in [6.45, 7) is 5.59. The van der Waals surface area contributed by atoms with Crippen LogP contribution < -0.4 is 20.9 Å². The molecule has 2 rings (SSSR count). The Labute approximate surface area is 182 Å². The molecule has 3 N–H and O–H groups in total. The number of amides is 3. The van der Waals surface area contributed by atoms with Gasteiger partial charge in [-0.15, -0.1) is 0 Å². The van der Waals surface area contributed by atoms with Crippen molar-refractivity contribution < 1.29 is 14.3 Å². The molecule has 2 aromatic rings. The maximum absolute atomic E-state index is 12.7. The molecule has 0 radical (unpaired) electrons. The summed E-state index contributed by atoms with van der Waals surface area (Å²) in [5, 5.41) is 8.97. The van der Waals surface area contributed by atoms with Gasteiger partial charge in [0.25, 0.3) is 5.91 Å². The first-order valence-corrected chi connectivity index (χ1v) is 10.2. The van der Waals surface area contributed by atoms with E-state index in [-0.39, 0.29) is 5.91 Å². The topological polar surface area (TPSA) is 82.7 Å². The van der Waals surface area contributed by atoms with Gasteiger partial charge in [-0.25, -0.2) is 4.79 Å². The van der Waals surface area contributed by atoms with E-state index in [9.17, 15) is 9.59 Å². The number of anilines is 3. The molecule has 0 heterocycles. The number of carbonyl (C=O) groups is 2. The summed E-state index contributed by atoms with van der Waals surface area (Å²) in [6.07, 6.45) is 0.732. The number of aryl methyl sites for hydroxylation is 1. The van der Waals surface area contributed by atoms with Crippen LogP contribution in [-0.4, -0.2) is 45.8 Å². The third-order valence-electron chi connectivity index (χ3n) is 4.37. The van der Waals surface area contributed by atoms with Crippen molar-refractivity contribution in [2.75, 3.05) is 49.4 Å². The Bertz CT molecular complexity index is 887. The average molecular weight is 433 g/mol. The van der Waals surface area contributed by atoms with Crippen LogP contribution in [0.1, 0.15) is 29.3 Å². The highest BCUT2D eigenvalue weighted by molar-refractivity contribution is 6.31. The summed E-state index contributed by atoms with van der Waals surface area (Å²) < 4.78 is 5.29. The van der Waals surface area contributed by atoms with Crippen LogP contribution in [-0.2, 0) is 4.74 Å². The van der Waals surface area contributed by atoms with Crippen LogP contribution in [0.5, 0.6) is 0 Å². The molecule has 0 aliphatic carbocycles. The Morgan fingerprint density at radius 1 is 1.07 bits per heavy atom. The molecule has 0 aliphatic rings. The SMILES string of the molecule is CCOCCCNC(=O)c1cc(NC(=O)Nc2ccc(C)c(Cl)c2)ccc1N(C)C. The van der Waals surface area contributed by atoms with Crippen molar-refractivity contribution in [2.45, 2.75) is 20.3 Å². The summed E-state index contributed by atoms with van der Waals surface area (Å²) in [5.74, 6) is -0.204. The van der Waals surface area contributed by atoms with Gasteiger partial charge in [0.2, 0.25) is 0 Å². The monoisotopic (exact) mass is 432 g/mol. The zero-order valence-electron chi connectivity index (χ0n) is 17.8. The molecule has 3 amide bonds. The van der Waals surface area contributed by atoms with Crippen LogP contribution in [0.25, 0.3) is 0 Å². The largest absolute Gasteiger partial charge is 0.382 e. The third-order valence-corrected chi connectivity index (χ3v) is 4.77. The smallest absolute Gasteiger partial charge is 0.323 e. The lowest BCUT2D eigenvalue weighted by Crippen LogP contribution is -2.27. The number of nitrogens with zero attached hydrogens (tertiary/aromatic N) is 1. The van der Waals surface area contributed by atoms with Gasteiger partial charge in [0.05, 0.1) is 5.56 Å². The lowest BCUT2D eigenvalue weighted by molar-refractivity contribution is 0.0944. The number of urea groups is 1. The number of hydrogen-bond acceptors (Lipinski definition) is 4. The van der Waals surface area contributed by atoms with Crippen molar-refractivity contribution in [2.24, 2.45) is 0 Å². The summed E-state index contributed by atoms with van der Waals surface area (Å²) >= 11 is 6.10. The van der Waals surface area contributed by atoms with Gasteiger partial charge in [0, 0.05) is 55.9 Å². The molecule has 7 nitrogen and oxygen atoms in total. The molecular formula is C22H29ClN4O3. The van der Waals surface area contributed by atoms with Crippen LogP contribution in [0.4, 0.5) is 21.9 Å². The molecule has 0 unspecified atom stereocenters. The first kappa shape index (κ1) is 23.5. The van der Waals surface area contributed by atoms with Gasteiger partial charge >= 0.3 is 6.03 Å². The van der Waals surface area contributed by atoms with Crippen molar-refractivity contribution in [1.82, 2.24) is 5.32 Å². The maximum atomic E-state index is 12.7. The molecule has 0 saturated carbocycles. The summed E-state index contributed by atoms with van der Waals surface area (Å²) in [4.78, 5) is 26.9. The number of halogens is 1. The normalized spacial score (nSPS) is 10.4. The second kappa shape index (κ2) is 11.4. The van der Waals surface area contributed by atoms with E-state index in [1.165, 1.54) is 0 Å². The van der Waals surface area contributed by atoms with Gasteiger partial charge in [-0.05, 0) is 56.2 Å². The third kappa shape index (κ3) is 6.93. The van der Waals surface area contributed by atoms with Crippen LogP contribution in [0.2, 0.25) is 5.02 Å². The summed E-state index contributed by atoms with van der Waals surface area (Å²) in [6, 6.07) is 10.1. The van der Waals surface area contributed by atoms with Gasteiger partial charge in [0.15, 0.2) is 0 Å². The minimum absolute atomic E-state index is 0.204. The molecule has 0 saturated heterocycles. The Kier molecular flexibility index (Phi) is 8.95. The summed E-state index contributed by atoms with van der Waals surface area (Å²) in [5.41, 5.74) is 3.26. The van der Waals surface area contributed by atoms with Crippen molar-refractivity contribution in [3.05, 3.63) is 52.5 Å². The zero-order chi connectivity index (χ0) is 22.1. The van der Waals surface area contributed by atoms with Crippen molar-refractivity contribution in [3.8, 4) is 0 Å². The fourth-order valence-corrected chi connectivity index (χ4v) is 2.95. The Morgan fingerprint density at radius 3 is 2.37 bits per heavy atom. The molecule has 0 aliphatic heterocycles. The van der Waals surface area contributed by atoms with Crippen LogP contribution in [0, 0.1) is 6.92 Å². The lowest BCUT2D eigenvalue weighted by Gasteiger charge is -2.18. The molecule has 0 bridgehead atoms. The van der Waals surface area contributed by atoms with Crippen LogP contribution >= 0.6 is 11.6 Å².